The molecule has 5 nitrogen and oxygen atoms in total. The Kier molecular flexibility index (Phi) is 5.08. The van der Waals surface area contributed by atoms with Gasteiger partial charge in [-0.05, 0) is 88.2 Å². The number of anilines is 1. The molecule has 30 heavy (non-hydrogen) atoms. The van der Waals surface area contributed by atoms with Gasteiger partial charge in [-0.25, -0.2) is 4.39 Å². The third-order valence-corrected chi connectivity index (χ3v) is 8.04. The van der Waals surface area contributed by atoms with Crippen molar-refractivity contribution in [1.82, 2.24) is 4.90 Å². The quantitative estimate of drug-likeness (QED) is 0.728. The molecule has 1 atom stereocenters. The predicted molar refractivity (Wildman–Crippen MR) is 115 cm³/mol. The first-order valence-corrected chi connectivity index (χ1v) is 11.5. The van der Waals surface area contributed by atoms with E-state index in [1.807, 2.05) is 4.90 Å². The van der Waals surface area contributed by atoms with E-state index in [0.717, 1.165) is 49.3 Å². The van der Waals surface area contributed by atoms with Crippen molar-refractivity contribution in [3.63, 3.8) is 0 Å². The molecule has 0 aromatic heterocycles. The van der Waals surface area contributed by atoms with E-state index >= 15 is 0 Å². The fourth-order valence-electron chi connectivity index (χ4n) is 6.28. The zero-order chi connectivity index (χ0) is 20.9. The van der Waals surface area contributed by atoms with Crippen molar-refractivity contribution in [3.05, 3.63) is 29.6 Å². The number of fused-ring (bicyclic) bond motifs is 2. The summed E-state index contributed by atoms with van der Waals surface area (Å²) in [5.74, 6) is 0.480. The smallest absolute Gasteiger partial charge is 0.223 e. The van der Waals surface area contributed by atoms with E-state index in [2.05, 4.69) is 17.0 Å². The van der Waals surface area contributed by atoms with Crippen LogP contribution in [-0.2, 0) is 15.0 Å². The average Bonchev–Trinajstić information content (AvgIpc) is 3.31. The van der Waals surface area contributed by atoms with Crippen LogP contribution in [0.4, 0.5) is 10.1 Å². The third-order valence-electron chi connectivity index (χ3n) is 8.04. The van der Waals surface area contributed by atoms with Crippen LogP contribution in [0.25, 0.3) is 0 Å². The van der Waals surface area contributed by atoms with Gasteiger partial charge in [0.15, 0.2) is 0 Å². The van der Waals surface area contributed by atoms with Crippen LogP contribution >= 0.6 is 0 Å². The Bertz CT molecular complexity index is 854. The van der Waals surface area contributed by atoms with E-state index in [9.17, 15) is 9.18 Å². The summed E-state index contributed by atoms with van der Waals surface area (Å²) in [6.07, 6.45) is 8.14. The van der Waals surface area contributed by atoms with Crippen LogP contribution in [0, 0.1) is 11.7 Å². The fourth-order valence-corrected chi connectivity index (χ4v) is 6.28. The van der Waals surface area contributed by atoms with Gasteiger partial charge in [0.25, 0.3) is 0 Å². The normalized spacial score (nSPS) is 30.8. The molecule has 5 rings (SSSR count). The first kappa shape index (κ1) is 20.0. The molecular weight excluding hydrogens is 381 g/mol. The Morgan fingerprint density at radius 1 is 1.20 bits per heavy atom. The van der Waals surface area contributed by atoms with Crippen molar-refractivity contribution in [3.8, 4) is 0 Å². The molecule has 1 saturated heterocycles. The number of oxime groups is 1. The third kappa shape index (κ3) is 3.43. The molecule has 1 aromatic carbocycles. The number of hydrogen-bond donors (Lipinski definition) is 0. The number of hydrogen-bond acceptors (Lipinski definition) is 4. The van der Waals surface area contributed by atoms with Crippen molar-refractivity contribution in [2.24, 2.45) is 11.1 Å². The number of nitrogens with zero attached hydrogens (tertiary/aromatic N) is 3. The van der Waals surface area contributed by atoms with E-state index in [0.29, 0.717) is 18.5 Å². The monoisotopic (exact) mass is 413 g/mol. The Morgan fingerprint density at radius 3 is 2.57 bits per heavy atom. The zero-order valence-electron chi connectivity index (χ0n) is 18.1. The van der Waals surface area contributed by atoms with Crippen LogP contribution in [0.2, 0.25) is 0 Å². The van der Waals surface area contributed by atoms with Gasteiger partial charge >= 0.3 is 0 Å². The van der Waals surface area contributed by atoms with Gasteiger partial charge in [-0.1, -0.05) is 5.16 Å². The van der Waals surface area contributed by atoms with E-state index in [1.54, 1.807) is 19.1 Å². The second kappa shape index (κ2) is 7.63. The van der Waals surface area contributed by atoms with Gasteiger partial charge in [0, 0.05) is 37.0 Å². The van der Waals surface area contributed by atoms with Crippen LogP contribution in [0.5, 0.6) is 0 Å². The minimum Gasteiger partial charge on any atom is -0.392 e. The van der Waals surface area contributed by atoms with Crippen molar-refractivity contribution in [1.29, 1.82) is 0 Å². The topological polar surface area (TPSA) is 45.1 Å². The highest BCUT2D eigenvalue weighted by Gasteiger charge is 2.47. The lowest BCUT2D eigenvalue weighted by molar-refractivity contribution is -0.116. The SMILES string of the molecule is CC(=O)N1CC2(CCN(C3CCC(C4CC(C)=NO4)CC3)CC2)c2cc(F)ccc21. The molecule has 1 spiro atoms. The van der Waals surface area contributed by atoms with E-state index in [4.69, 9.17) is 4.84 Å². The van der Waals surface area contributed by atoms with E-state index < -0.39 is 0 Å². The number of piperidine rings is 1. The van der Waals surface area contributed by atoms with Crippen LogP contribution in [-0.4, -0.2) is 48.3 Å². The summed E-state index contributed by atoms with van der Waals surface area (Å²) in [7, 11) is 0. The van der Waals surface area contributed by atoms with Gasteiger partial charge < -0.3 is 14.6 Å². The van der Waals surface area contributed by atoms with Crippen LogP contribution in [0.3, 0.4) is 0 Å². The molecule has 3 heterocycles. The maximum absolute atomic E-state index is 14.1. The lowest BCUT2D eigenvalue weighted by atomic mass is 9.73. The van der Waals surface area contributed by atoms with Gasteiger partial charge in [0.1, 0.15) is 11.9 Å². The molecular formula is C24H32FN3O2. The molecule has 1 amide bonds. The van der Waals surface area contributed by atoms with Crippen molar-refractivity contribution < 1.29 is 14.0 Å². The molecule has 1 aliphatic carbocycles. The van der Waals surface area contributed by atoms with Crippen molar-refractivity contribution >= 4 is 17.3 Å². The maximum Gasteiger partial charge on any atom is 0.223 e. The van der Waals surface area contributed by atoms with Gasteiger partial charge in [-0.3, -0.25) is 4.79 Å². The first-order valence-electron chi connectivity index (χ1n) is 11.5. The van der Waals surface area contributed by atoms with E-state index in [1.165, 1.54) is 31.7 Å². The number of halogens is 1. The molecule has 1 aromatic rings. The largest absolute Gasteiger partial charge is 0.392 e. The van der Waals surface area contributed by atoms with Gasteiger partial charge in [0.2, 0.25) is 5.91 Å². The highest BCUT2D eigenvalue weighted by molar-refractivity contribution is 5.94. The average molecular weight is 414 g/mol. The number of carbonyl (C=O) groups excluding carboxylic acids is 1. The summed E-state index contributed by atoms with van der Waals surface area (Å²) >= 11 is 0. The van der Waals surface area contributed by atoms with Crippen LogP contribution in [0.15, 0.2) is 23.4 Å². The second-order valence-electron chi connectivity index (χ2n) is 9.83. The predicted octanol–water partition coefficient (Wildman–Crippen LogP) is 4.25. The molecule has 162 valence electrons. The molecule has 6 heteroatoms. The Balaban J connectivity index is 1.22. The van der Waals surface area contributed by atoms with Crippen LogP contribution < -0.4 is 4.90 Å². The van der Waals surface area contributed by atoms with E-state index in [-0.39, 0.29) is 23.2 Å². The second-order valence-corrected chi connectivity index (χ2v) is 9.83. The molecule has 3 aliphatic heterocycles. The molecule has 0 radical (unpaired) electrons. The summed E-state index contributed by atoms with van der Waals surface area (Å²) in [6, 6.07) is 5.57. The highest BCUT2D eigenvalue weighted by Crippen LogP contribution is 2.48. The summed E-state index contributed by atoms with van der Waals surface area (Å²) < 4.78 is 14.1. The van der Waals surface area contributed by atoms with Crippen molar-refractivity contribution in [2.45, 2.75) is 76.4 Å². The number of benzene rings is 1. The minimum atomic E-state index is -0.201. The molecule has 2 fully saturated rings. The Labute approximate surface area is 178 Å². The fraction of sp³-hybridized carbons (Fsp3) is 0.667. The zero-order valence-corrected chi connectivity index (χ0v) is 18.1. The van der Waals surface area contributed by atoms with Gasteiger partial charge in [-0.2, -0.15) is 0 Å². The number of carbonyl (C=O) groups is 1. The molecule has 4 aliphatic rings. The standard InChI is InChI=1S/C24H32FN3O2/c1-16-13-23(30-26-16)18-3-6-20(7-4-18)27-11-9-24(10-12-27)15-28(17(2)29)22-8-5-19(25)14-21(22)24/h5,8,14,18,20,23H,3-4,6-7,9-13,15H2,1-2H3. The summed E-state index contributed by atoms with van der Waals surface area (Å²) in [6.45, 7) is 6.41. The lowest BCUT2D eigenvalue weighted by Gasteiger charge is -2.45. The van der Waals surface area contributed by atoms with Gasteiger partial charge in [0.05, 0.1) is 5.71 Å². The summed E-state index contributed by atoms with van der Waals surface area (Å²) in [5, 5.41) is 4.14. The number of rotatable bonds is 2. The molecule has 1 unspecified atom stereocenters. The molecule has 0 N–H and O–H groups in total. The Morgan fingerprint density at radius 2 is 1.93 bits per heavy atom. The highest BCUT2D eigenvalue weighted by atomic mass is 19.1. The summed E-state index contributed by atoms with van der Waals surface area (Å²) in [4.78, 5) is 22.3. The lowest BCUT2D eigenvalue weighted by Crippen LogP contribution is -2.50. The number of likely N-dealkylation sites (tertiary alicyclic amines) is 1. The first-order chi connectivity index (χ1) is 14.4. The number of amides is 1. The van der Waals surface area contributed by atoms with Gasteiger partial charge in [-0.15, -0.1) is 0 Å². The van der Waals surface area contributed by atoms with Crippen LogP contribution in [0.1, 0.15) is 64.4 Å². The molecule has 0 bridgehead atoms. The van der Waals surface area contributed by atoms with Crippen molar-refractivity contribution in [2.75, 3.05) is 24.5 Å². The minimum absolute atomic E-state index is 0.0498. The molecule has 1 saturated carbocycles. The summed E-state index contributed by atoms with van der Waals surface area (Å²) in [5.41, 5.74) is 2.97. The maximum atomic E-state index is 14.1. The Hall–Kier alpha value is -1.95.